The fourth-order valence-electron chi connectivity index (χ4n) is 3.55. The summed E-state index contributed by atoms with van der Waals surface area (Å²) in [6.45, 7) is 0.0323. The highest BCUT2D eigenvalue weighted by Crippen LogP contribution is 2.36. The van der Waals surface area contributed by atoms with Crippen molar-refractivity contribution in [3.05, 3.63) is 107 Å². The molecule has 0 saturated carbocycles. The molecule has 0 aliphatic carbocycles. The molecule has 0 saturated heterocycles. The summed E-state index contributed by atoms with van der Waals surface area (Å²) in [7, 11) is 0. The molecule has 2 atom stereocenters. The minimum Gasteiger partial charge on any atom is -0.352 e. The van der Waals surface area contributed by atoms with Crippen molar-refractivity contribution >= 4 is 5.96 Å². The van der Waals surface area contributed by atoms with Crippen molar-refractivity contribution in [1.29, 1.82) is 0 Å². The summed E-state index contributed by atoms with van der Waals surface area (Å²) < 4.78 is 39.7. The number of halogens is 3. The van der Waals surface area contributed by atoms with Crippen LogP contribution < -0.4 is 10.6 Å². The summed E-state index contributed by atoms with van der Waals surface area (Å²) in [5.41, 5.74) is 1.66. The third-order valence-corrected chi connectivity index (χ3v) is 4.94. The van der Waals surface area contributed by atoms with Crippen LogP contribution in [0.1, 0.15) is 34.3 Å². The van der Waals surface area contributed by atoms with E-state index in [2.05, 4.69) is 10.6 Å². The van der Waals surface area contributed by atoms with Gasteiger partial charge in [0.2, 0.25) is 0 Å². The van der Waals surface area contributed by atoms with E-state index >= 15 is 0 Å². The van der Waals surface area contributed by atoms with Gasteiger partial charge in [0, 0.05) is 6.54 Å². The van der Waals surface area contributed by atoms with Gasteiger partial charge in [0.05, 0.1) is 11.6 Å². The van der Waals surface area contributed by atoms with Crippen molar-refractivity contribution < 1.29 is 13.2 Å². The highest BCUT2D eigenvalue weighted by Gasteiger charge is 2.34. The van der Waals surface area contributed by atoms with Gasteiger partial charge in [-0.1, -0.05) is 78.9 Å². The molecule has 0 unspecified atom stereocenters. The third-order valence-electron chi connectivity index (χ3n) is 4.94. The summed E-state index contributed by atoms with van der Waals surface area (Å²) in [4.78, 5) is 4.74. The fourth-order valence-corrected chi connectivity index (χ4v) is 3.55. The zero-order valence-corrected chi connectivity index (χ0v) is 15.5. The number of nitrogens with zero attached hydrogens (tertiary/aromatic N) is 1. The van der Waals surface area contributed by atoms with E-state index < -0.39 is 11.7 Å². The van der Waals surface area contributed by atoms with Crippen molar-refractivity contribution in [1.82, 2.24) is 10.6 Å². The summed E-state index contributed by atoms with van der Waals surface area (Å²) in [6.07, 6.45) is -4.39. The van der Waals surface area contributed by atoms with E-state index in [1.165, 1.54) is 12.1 Å². The Morgan fingerprint density at radius 1 is 0.793 bits per heavy atom. The lowest BCUT2D eigenvalue weighted by Gasteiger charge is -2.19. The van der Waals surface area contributed by atoms with E-state index in [1.807, 2.05) is 60.7 Å². The molecule has 148 valence electrons. The molecule has 0 bridgehead atoms. The summed E-state index contributed by atoms with van der Waals surface area (Å²) in [5, 5.41) is 6.39. The number of hydrogen-bond donors (Lipinski definition) is 2. The smallest absolute Gasteiger partial charge is 0.352 e. The standard InChI is InChI=1S/C23H20F3N3/c24-23(25,26)19-14-8-7-13-18(19)15-27-22-28-20(16-9-3-1-4-10-16)21(29-22)17-11-5-2-6-12-17/h1-14,20-21H,15H2,(H2,27,28,29)/t20-,21-/m1/s1. The Labute approximate surface area is 167 Å². The van der Waals surface area contributed by atoms with Crippen molar-refractivity contribution in [2.45, 2.75) is 24.8 Å². The van der Waals surface area contributed by atoms with Crippen molar-refractivity contribution in [2.24, 2.45) is 4.99 Å². The molecule has 0 aromatic heterocycles. The Kier molecular flexibility index (Phi) is 5.25. The molecule has 1 aliphatic rings. The van der Waals surface area contributed by atoms with Gasteiger partial charge in [-0.05, 0) is 22.8 Å². The Hall–Kier alpha value is -3.28. The monoisotopic (exact) mass is 395 g/mol. The number of hydrogen-bond acceptors (Lipinski definition) is 3. The zero-order valence-electron chi connectivity index (χ0n) is 15.5. The average Bonchev–Trinajstić information content (AvgIpc) is 3.17. The average molecular weight is 395 g/mol. The summed E-state index contributed by atoms with van der Waals surface area (Å²) >= 11 is 0. The molecule has 3 aromatic carbocycles. The van der Waals surface area contributed by atoms with Gasteiger partial charge in [0.15, 0.2) is 5.96 Å². The number of nitrogens with one attached hydrogen (secondary N) is 2. The van der Waals surface area contributed by atoms with E-state index in [4.69, 9.17) is 4.99 Å². The molecular weight excluding hydrogens is 375 g/mol. The van der Waals surface area contributed by atoms with Crippen LogP contribution in [-0.2, 0) is 12.7 Å². The first-order chi connectivity index (χ1) is 14.0. The van der Waals surface area contributed by atoms with Gasteiger partial charge in [-0.25, -0.2) is 4.99 Å². The van der Waals surface area contributed by atoms with Crippen molar-refractivity contribution in [2.75, 3.05) is 0 Å². The highest BCUT2D eigenvalue weighted by molar-refractivity contribution is 5.82. The van der Waals surface area contributed by atoms with Crippen LogP contribution in [0.25, 0.3) is 0 Å². The minimum atomic E-state index is -4.39. The first kappa shape index (κ1) is 19.1. The third kappa shape index (κ3) is 4.26. The van der Waals surface area contributed by atoms with E-state index in [1.54, 1.807) is 6.07 Å². The van der Waals surface area contributed by atoms with Crippen LogP contribution in [0.4, 0.5) is 13.2 Å². The highest BCUT2D eigenvalue weighted by atomic mass is 19.4. The zero-order chi connectivity index (χ0) is 20.3. The van der Waals surface area contributed by atoms with E-state index in [0.717, 1.165) is 17.2 Å². The first-order valence-electron chi connectivity index (χ1n) is 9.35. The number of rotatable bonds is 4. The second-order valence-electron chi connectivity index (χ2n) is 6.87. The SMILES string of the molecule is FC(F)(F)c1ccccc1CNC1=N[C@H](c2ccccc2)[C@@H](c2ccccc2)N1. The van der Waals surface area contributed by atoms with Crippen LogP contribution in [0.2, 0.25) is 0 Å². The van der Waals surface area contributed by atoms with Crippen molar-refractivity contribution in [3.8, 4) is 0 Å². The second-order valence-corrected chi connectivity index (χ2v) is 6.87. The maximum Gasteiger partial charge on any atom is 0.416 e. The molecule has 1 aliphatic heterocycles. The lowest BCUT2D eigenvalue weighted by atomic mass is 9.95. The van der Waals surface area contributed by atoms with Crippen LogP contribution in [0.3, 0.4) is 0 Å². The van der Waals surface area contributed by atoms with Gasteiger partial charge >= 0.3 is 6.18 Å². The predicted octanol–water partition coefficient (Wildman–Crippen LogP) is 5.24. The van der Waals surface area contributed by atoms with Crippen LogP contribution in [-0.4, -0.2) is 5.96 Å². The van der Waals surface area contributed by atoms with Crippen LogP contribution >= 0.6 is 0 Å². The Morgan fingerprint density at radius 2 is 1.38 bits per heavy atom. The quantitative estimate of drug-likeness (QED) is 0.634. The first-order valence-corrected chi connectivity index (χ1v) is 9.35. The van der Waals surface area contributed by atoms with Crippen LogP contribution in [0.5, 0.6) is 0 Å². The van der Waals surface area contributed by atoms with Gasteiger partial charge in [0.25, 0.3) is 0 Å². The van der Waals surface area contributed by atoms with E-state index in [9.17, 15) is 13.2 Å². The molecule has 1 heterocycles. The van der Waals surface area contributed by atoms with Crippen LogP contribution in [0.15, 0.2) is 89.9 Å². The summed E-state index contributed by atoms with van der Waals surface area (Å²) in [6, 6.07) is 25.1. The normalized spacial score (nSPS) is 18.8. The predicted molar refractivity (Wildman–Crippen MR) is 107 cm³/mol. The fraction of sp³-hybridized carbons (Fsp3) is 0.174. The lowest BCUT2D eigenvalue weighted by Crippen LogP contribution is -2.35. The molecule has 0 radical (unpaired) electrons. The minimum absolute atomic E-state index is 0.0323. The van der Waals surface area contributed by atoms with Crippen molar-refractivity contribution in [3.63, 3.8) is 0 Å². The maximum atomic E-state index is 13.2. The Bertz CT molecular complexity index is 985. The number of benzene rings is 3. The number of guanidine groups is 1. The number of alkyl halides is 3. The van der Waals surface area contributed by atoms with E-state index in [0.29, 0.717) is 5.96 Å². The second kappa shape index (κ2) is 7.99. The van der Waals surface area contributed by atoms with Gasteiger partial charge in [0.1, 0.15) is 6.04 Å². The molecule has 3 nitrogen and oxygen atoms in total. The lowest BCUT2D eigenvalue weighted by molar-refractivity contribution is -0.138. The largest absolute Gasteiger partial charge is 0.416 e. The molecule has 2 N–H and O–H groups in total. The molecule has 0 amide bonds. The Balaban J connectivity index is 1.57. The number of aliphatic imine (C=N–C) groups is 1. The van der Waals surface area contributed by atoms with Gasteiger partial charge < -0.3 is 10.6 Å². The maximum absolute atomic E-state index is 13.2. The molecule has 4 rings (SSSR count). The molecular formula is C23H20F3N3. The van der Waals surface area contributed by atoms with E-state index in [-0.39, 0.29) is 24.2 Å². The van der Waals surface area contributed by atoms with Gasteiger partial charge in [-0.2, -0.15) is 13.2 Å². The van der Waals surface area contributed by atoms with Crippen LogP contribution in [0, 0.1) is 0 Å². The summed E-state index contributed by atoms with van der Waals surface area (Å²) in [5.74, 6) is 0.490. The van der Waals surface area contributed by atoms with Gasteiger partial charge in [-0.15, -0.1) is 0 Å². The molecule has 0 spiro atoms. The topological polar surface area (TPSA) is 36.4 Å². The molecule has 3 aromatic rings. The van der Waals surface area contributed by atoms with Gasteiger partial charge in [-0.3, -0.25) is 0 Å². The molecule has 29 heavy (non-hydrogen) atoms. The molecule has 6 heteroatoms. The molecule has 0 fully saturated rings. The Morgan fingerprint density at radius 3 is 2.03 bits per heavy atom.